The molecule has 0 aliphatic carbocycles. The Labute approximate surface area is 174 Å². The second kappa shape index (κ2) is 11.6. The number of amides is 1. The van der Waals surface area contributed by atoms with Gasteiger partial charge in [0, 0.05) is 0 Å². The van der Waals surface area contributed by atoms with E-state index in [1.807, 2.05) is 44.2 Å². The molecule has 0 spiro atoms. The van der Waals surface area contributed by atoms with Gasteiger partial charge in [-0.1, -0.05) is 56.3 Å². The average Bonchev–Trinajstić information content (AvgIpc) is 2.60. The Morgan fingerprint density at radius 2 is 1.76 bits per heavy atom. The summed E-state index contributed by atoms with van der Waals surface area (Å²) in [5.74, 6) is -1.42. The predicted molar refractivity (Wildman–Crippen MR) is 113 cm³/mol. The quantitative estimate of drug-likeness (QED) is 0.481. The van der Waals surface area contributed by atoms with Gasteiger partial charge < -0.3 is 19.9 Å². The molecule has 0 aliphatic rings. The standard InChI is InChI=1S/C23H35NO5/c1-7-28-21(26)19(20(25)16(2)3)14-13-18(15-17-11-9-8-10-12-17)24-22(27)29-23(4,5)6/h8-14,16,18-20,25H,7,15H2,1-6H3,(H,24,27)/b14-13+/t18-,19?,20?/m1/s1. The van der Waals surface area contributed by atoms with Gasteiger partial charge in [0.2, 0.25) is 0 Å². The number of carbonyl (C=O) groups excluding carboxylic acids is 2. The van der Waals surface area contributed by atoms with E-state index >= 15 is 0 Å². The van der Waals surface area contributed by atoms with E-state index in [0.717, 1.165) is 5.56 Å². The number of hydrogen-bond donors (Lipinski definition) is 2. The van der Waals surface area contributed by atoms with Crippen molar-refractivity contribution in [2.45, 2.75) is 65.7 Å². The molecule has 0 radical (unpaired) electrons. The molecule has 29 heavy (non-hydrogen) atoms. The second-order valence-corrected chi connectivity index (χ2v) is 8.34. The molecule has 0 aliphatic heterocycles. The number of esters is 1. The average molecular weight is 406 g/mol. The maximum Gasteiger partial charge on any atom is 0.408 e. The summed E-state index contributed by atoms with van der Waals surface area (Å²) in [4.78, 5) is 24.6. The van der Waals surface area contributed by atoms with Crippen LogP contribution in [0.2, 0.25) is 0 Å². The number of benzene rings is 1. The lowest BCUT2D eigenvalue weighted by molar-refractivity contribution is -0.150. The molecule has 1 rings (SSSR count). The van der Waals surface area contributed by atoms with E-state index in [-0.39, 0.29) is 12.5 Å². The molecule has 6 heteroatoms. The summed E-state index contributed by atoms with van der Waals surface area (Å²) in [6.07, 6.45) is 2.44. The van der Waals surface area contributed by atoms with E-state index in [0.29, 0.717) is 6.42 Å². The largest absolute Gasteiger partial charge is 0.465 e. The van der Waals surface area contributed by atoms with Crippen LogP contribution < -0.4 is 5.32 Å². The van der Waals surface area contributed by atoms with Crippen molar-refractivity contribution in [3.8, 4) is 0 Å². The first-order valence-corrected chi connectivity index (χ1v) is 10.1. The van der Waals surface area contributed by atoms with Crippen molar-refractivity contribution in [2.24, 2.45) is 11.8 Å². The fourth-order valence-corrected chi connectivity index (χ4v) is 2.73. The van der Waals surface area contributed by atoms with Crippen molar-refractivity contribution < 1.29 is 24.2 Å². The van der Waals surface area contributed by atoms with Crippen molar-refractivity contribution >= 4 is 12.1 Å². The molecule has 1 aromatic carbocycles. The first-order valence-electron chi connectivity index (χ1n) is 10.1. The summed E-state index contributed by atoms with van der Waals surface area (Å²) < 4.78 is 10.5. The minimum absolute atomic E-state index is 0.125. The molecule has 0 bridgehead atoms. The van der Waals surface area contributed by atoms with Crippen molar-refractivity contribution in [1.82, 2.24) is 5.32 Å². The second-order valence-electron chi connectivity index (χ2n) is 8.34. The van der Waals surface area contributed by atoms with Crippen LogP contribution in [0.15, 0.2) is 42.5 Å². The van der Waals surface area contributed by atoms with Gasteiger partial charge in [0.1, 0.15) is 11.5 Å². The monoisotopic (exact) mass is 405 g/mol. The maximum absolute atomic E-state index is 12.3. The topological polar surface area (TPSA) is 84.9 Å². The number of ether oxygens (including phenoxy) is 2. The highest BCUT2D eigenvalue weighted by Gasteiger charge is 2.28. The zero-order valence-corrected chi connectivity index (χ0v) is 18.3. The molecule has 1 amide bonds. The van der Waals surface area contributed by atoms with Gasteiger partial charge in [-0.3, -0.25) is 4.79 Å². The molecule has 3 atom stereocenters. The van der Waals surface area contributed by atoms with E-state index in [1.54, 1.807) is 39.8 Å². The Kier molecular flexibility index (Phi) is 9.89. The molecule has 0 fully saturated rings. The lowest BCUT2D eigenvalue weighted by Gasteiger charge is -2.24. The number of rotatable bonds is 9. The molecule has 0 heterocycles. The third kappa shape index (κ3) is 9.61. The van der Waals surface area contributed by atoms with Gasteiger partial charge in [-0.05, 0) is 45.6 Å². The van der Waals surface area contributed by atoms with Crippen LogP contribution >= 0.6 is 0 Å². The van der Waals surface area contributed by atoms with Gasteiger partial charge >= 0.3 is 12.1 Å². The zero-order chi connectivity index (χ0) is 22.0. The SMILES string of the molecule is CCOC(=O)C(/C=C/[C@H](Cc1ccccc1)NC(=O)OC(C)(C)C)C(O)C(C)C. The third-order valence-electron chi connectivity index (χ3n) is 4.16. The van der Waals surface area contributed by atoms with Gasteiger partial charge in [-0.15, -0.1) is 0 Å². The van der Waals surface area contributed by atoms with Gasteiger partial charge in [-0.2, -0.15) is 0 Å². The maximum atomic E-state index is 12.3. The number of hydrogen-bond acceptors (Lipinski definition) is 5. The van der Waals surface area contributed by atoms with Crippen LogP contribution in [0.3, 0.4) is 0 Å². The summed E-state index contributed by atoms with van der Waals surface area (Å²) in [6, 6.07) is 9.28. The van der Waals surface area contributed by atoms with Crippen LogP contribution in [0.5, 0.6) is 0 Å². The van der Waals surface area contributed by atoms with E-state index in [2.05, 4.69) is 5.32 Å². The Morgan fingerprint density at radius 3 is 2.28 bits per heavy atom. The Hall–Kier alpha value is -2.34. The summed E-state index contributed by atoms with van der Waals surface area (Å²) in [7, 11) is 0. The summed E-state index contributed by atoms with van der Waals surface area (Å²) in [6.45, 7) is 11.0. The molecular formula is C23H35NO5. The van der Waals surface area contributed by atoms with Gasteiger partial charge in [0.25, 0.3) is 0 Å². The van der Waals surface area contributed by atoms with Gasteiger partial charge in [-0.25, -0.2) is 4.79 Å². The van der Waals surface area contributed by atoms with Crippen LogP contribution in [-0.4, -0.2) is 41.5 Å². The number of carbonyl (C=O) groups is 2. The number of aliphatic hydroxyl groups excluding tert-OH is 1. The summed E-state index contributed by atoms with van der Waals surface area (Å²) >= 11 is 0. The molecule has 162 valence electrons. The van der Waals surface area contributed by atoms with Crippen LogP contribution in [0, 0.1) is 11.8 Å². The highest BCUT2D eigenvalue weighted by atomic mass is 16.6. The molecule has 1 aromatic rings. The Balaban J connectivity index is 3.04. The van der Waals surface area contributed by atoms with Crippen molar-refractivity contribution in [2.75, 3.05) is 6.61 Å². The molecular weight excluding hydrogens is 370 g/mol. The fourth-order valence-electron chi connectivity index (χ4n) is 2.73. The van der Waals surface area contributed by atoms with E-state index in [4.69, 9.17) is 9.47 Å². The van der Waals surface area contributed by atoms with Crippen molar-refractivity contribution in [3.63, 3.8) is 0 Å². The van der Waals surface area contributed by atoms with Crippen LogP contribution in [0.1, 0.15) is 47.1 Å². The number of nitrogens with one attached hydrogen (secondary N) is 1. The van der Waals surface area contributed by atoms with Crippen molar-refractivity contribution in [1.29, 1.82) is 0 Å². The highest BCUT2D eigenvalue weighted by Crippen LogP contribution is 2.18. The van der Waals surface area contributed by atoms with Gasteiger partial charge in [0.05, 0.1) is 18.8 Å². The minimum Gasteiger partial charge on any atom is -0.465 e. The summed E-state index contributed by atoms with van der Waals surface area (Å²) in [5, 5.41) is 13.3. The smallest absolute Gasteiger partial charge is 0.408 e. The predicted octanol–water partition coefficient (Wildman–Crippen LogP) is 3.87. The van der Waals surface area contributed by atoms with Crippen molar-refractivity contribution in [3.05, 3.63) is 48.0 Å². The first kappa shape index (κ1) is 24.7. The molecule has 0 saturated heterocycles. The first-order chi connectivity index (χ1) is 13.5. The van der Waals surface area contributed by atoms with Crippen LogP contribution in [0.25, 0.3) is 0 Å². The fraction of sp³-hybridized carbons (Fsp3) is 0.565. The van der Waals surface area contributed by atoms with E-state index in [1.165, 1.54) is 0 Å². The molecule has 6 nitrogen and oxygen atoms in total. The summed E-state index contributed by atoms with van der Waals surface area (Å²) in [5.41, 5.74) is 0.405. The van der Waals surface area contributed by atoms with Gasteiger partial charge in [0.15, 0.2) is 0 Å². The van der Waals surface area contributed by atoms with Crippen LogP contribution in [0.4, 0.5) is 4.79 Å². The lowest BCUT2D eigenvalue weighted by atomic mass is 9.92. The molecule has 2 unspecified atom stereocenters. The normalized spacial score (nSPS) is 15.0. The highest BCUT2D eigenvalue weighted by molar-refractivity contribution is 5.75. The van der Waals surface area contributed by atoms with Crippen LogP contribution in [-0.2, 0) is 20.7 Å². The minimum atomic E-state index is -0.885. The number of alkyl carbamates (subject to hydrolysis) is 1. The number of aliphatic hydroxyl groups is 1. The molecule has 0 aromatic heterocycles. The zero-order valence-electron chi connectivity index (χ0n) is 18.3. The van der Waals surface area contributed by atoms with E-state index < -0.39 is 35.7 Å². The van der Waals surface area contributed by atoms with E-state index in [9.17, 15) is 14.7 Å². The molecule has 2 N–H and O–H groups in total. The molecule has 0 saturated carbocycles. The Bertz CT molecular complexity index is 664. The lowest BCUT2D eigenvalue weighted by Crippen LogP contribution is -2.39. The Morgan fingerprint density at radius 1 is 1.14 bits per heavy atom. The third-order valence-corrected chi connectivity index (χ3v) is 4.16.